The van der Waals surface area contributed by atoms with E-state index < -0.39 is 0 Å². The summed E-state index contributed by atoms with van der Waals surface area (Å²) in [6, 6.07) is 16.4. The molecule has 0 spiro atoms. The molecule has 3 rings (SSSR count). The number of nitrogens with zero attached hydrogens (tertiary/aromatic N) is 2. The number of hydrogen-bond acceptors (Lipinski definition) is 7. The van der Waals surface area contributed by atoms with Crippen LogP contribution in [0.5, 0.6) is 5.75 Å². The number of thioether (sulfide) groups is 1. The topological polar surface area (TPSA) is 72.5 Å². The Bertz CT molecular complexity index is 849. The molecule has 0 aliphatic rings. The van der Waals surface area contributed by atoms with E-state index in [-0.39, 0.29) is 0 Å². The minimum atomic E-state index is 0.490. The molecule has 0 aliphatic heterocycles. The van der Waals surface area contributed by atoms with Gasteiger partial charge in [-0.05, 0) is 23.8 Å². The Labute approximate surface area is 154 Å². The highest BCUT2D eigenvalue weighted by Gasteiger charge is 2.05. The SMILES string of the molecule is COc1cc(C=NNc2nc(N)cs2)ccc1CSc1ccccc1. The lowest BCUT2D eigenvalue weighted by Gasteiger charge is -2.09. The van der Waals surface area contributed by atoms with Crippen LogP contribution in [0.15, 0.2) is 63.9 Å². The Balaban J connectivity index is 1.64. The molecular weight excluding hydrogens is 352 g/mol. The van der Waals surface area contributed by atoms with Crippen molar-refractivity contribution in [2.45, 2.75) is 10.6 Å². The van der Waals surface area contributed by atoms with Gasteiger partial charge >= 0.3 is 0 Å². The van der Waals surface area contributed by atoms with Crippen LogP contribution in [0.3, 0.4) is 0 Å². The molecule has 2 aromatic carbocycles. The van der Waals surface area contributed by atoms with Crippen molar-refractivity contribution in [3.05, 3.63) is 65.0 Å². The lowest BCUT2D eigenvalue weighted by molar-refractivity contribution is 0.411. The molecule has 0 saturated carbocycles. The smallest absolute Gasteiger partial charge is 0.205 e. The van der Waals surface area contributed by atoms with Gasteiger partial charge in [0, 0.05) is 21.6 Å². The van der Waals surface area contributed by atoms with Gasteiger partial charge in [0.2, 0.25) is 5.13 Å². The Kier molecular flexibility index (Phi) is 5.92. The third-order valence-corrected chi connectivity index (χ3v) is 5.17. The number of rotatable bonds is 7. The van der Waals surface area contributed by atoms with Crippen molar-refractivity contribution in [2.24, 2.45) is 5.10 Å². The molecule has 0 saturated heterocycles. The highest BCUT2D eigenvalue weighted by atomic mass is 32.2. The van der Waals surface area contributed by atoms with E-state index >= 15 is 0 Å². The Morgan fingerprint density at radius 2 is 2.12 bits per heavy atom. The van der Waals surface area contributed by atoms with Crippen molar-refractivity contribution < 1.29 is 4.74 Å². The fraction of sp³-hybridized carbons (Fsp3) is 0.111. The number of methoxy groups -OCH3 is 1. The van der Waals surface area contributed by atoms with Gasteiger partial charge in [-0.15, -0.1) is 23.1 Å². The normalized spacial score (nSPS) is 10.9. The third kappa shape index (κ3) is 4.98. The van der Waals surface area contributed by atoms with Crippen LogP contribution in [-0.2, 0) is 5.75 Å². The molecule has 5 nitrogen and oxygen atoms in total. The van der Waals surface area contributed by atoms with Gasteiger partial charge < -0.3 is 10.5 Å². The van der Waals surface area contributed by atoms with Gasteiger partial charge in [0.15, 0.2) is 0 Å². The number of hydrogen-bond donors (Lipinski definition) is 2. The number of thiazole rings is 1. The standard InChI is InChI=1S/C18H18N4OS2/c1-23-16-9-13(10-20-22-18-21-17(19)12-25-18)7-8-14(16)11-24-15-5-3-2-4-6-15/h2-10,12H,11,19H2,1H3,(H,21,22). The van der Waals surface area contributed by atoms with E-state index in [0.717, 1.165) is 22.6 Å². The fourth-order valence-electron chi connectivity index (χ4n) is 2.14. The maximum Gasteiger partial charge on any atom is 0.205 e. The summed E-state index contributed by atoms with van der Waals surface area (Å²) in [5, 5.41) is 6.61. The molecule has 1 aromatic heterocycles. The predicted octanol–water partition coefficient (Wildman–Crippen LogP) is 4.47. The van der Waals surface area contributed by atoms with Gasteiger partial charge in [-0.2, -0.15) is 5.10 Å². The second kappa shape index (κ2) is 8.55. The molecule has 25 heavy (non-hydrogen) atoms. The molecule has 0 atom stereocenters. The first-order chi connectivity index (χ1) is 12.2. The summed E-state index contributed by atoms with van der Waals surface area (Å²) >= 11 is 3.19. The maximum atomic E-state index is 5.58. The summed E-state index contributed by atoms with van der Waals surface area (Å²) in [4.78, 5) is 5.32. The van der Waals surface area contributed by atoms with Crippen LogP contribution in [0.25, 0.3) is 0 Å². The maximum absolute atomic E-state index is 5.58. The Hall–Kier alpha value is -2.51. The molecule has 0 fully saturated rings. The Morgan fingerprint density at radius 1 is 1.28 bits per heavy atom. The van der Waals surface area contributed by atoms with E-state index in [9.17, 15) is 0 Å². The number of ether oxygens (including phenoxy) is 1. The van der Waals surface area contributed by atoms with Crippen LogP contribution in [-0.4, -0.2) is 18.3 Å². The van der Waals surface area contributed by atoms with Gasteiger partial charge in [0.05, 0.1) is 13.3 Å². The second-order valence-corrected chi connectivity index (χ2v) is 7.03. The van der Waals surface area contributed by atoms with Crippen molar-refractivity contribution in [2.75, 3.05) is 18.3 Å². The number of nitrogens with one attached hydrogen (secondary N) is 1. The molecule has 7 heteroatoms. The van der Waals surface area contributed by atoms with Gasteiger partial charge in [-0.25, -0.2) is 4.98 Å². The van der Waals surface area contributed by atoms with Gasteiger partial charge in [-0.3, -0.25) is 5.43 Å². The third-order valence-electron chi connectivity index (χ3n) is 3.34. The van der Waals surface area contributed by atoms with Crippen molar-refractivity contribution in [1.29, 1.82) is 0 Å². The monoisotopic (exact) mass is 370 g/mol. The molecule has 3 N–H and O–H groups in total. The summed E-state index contributed by atoms with van der Waals surface area (Å²) in [7, 11) is 1.68. The lowest BCUT2D eigenvalue weighted by atomic mass is 10.1. The summed E-state index contributed by atoms with van der Waals surface area (Å²) in [6.07, 6.45) is 1.73. The van der Waals surface area contributed by atoms with E-state index in [0.29, 0.717) is 10.9 Å². The van der Waals surface area contributed by atoms with Crippen molar-refractivity contribution >= 4 is 40.3 Å². The van der Waals surface area contributed by atoms with Gasteiger partial charge in [0.25, 0.3) is 0 Å². The zero-order valence-corrected chi connectivity index (χ0v) is 15.3. The number of aromatic nitrogens is 1. The zero-order valence-electron chi connectivity index (χ0n) is 13.7. The van der Waals surface area contributed by atoms with Crippen LogP contribution in [0.1, 0.15) is 11.1 Å². The first kappa shape index (κ1) is 17.3. The lowest BCUT2D eigenvalue weighted by Crippen LogP contribution is -1.94. The number of hydrazone groups is 1. The summed E-state index contributed by atoms with van der Waals surface area (Å²) in [5.41, 5.74) is 10.5. The van der Waals surface area contributed by atoms with E-state index in [1.807, 2.05) is 30.3 Å². The number of nitrogens with two attached hydrogens (primary N) is 1. The summed E-state index contributed by atoms with van der Waals surface area (Å²) < 4.78 is 5.52. The summed E-state index contributed by atoms with van der Waals surface area (Å²) in [6.45, 7) is 0. The molecule has 1 heterocycles. The van der Waals surface area contributed by atoms with E-state index in [2.05, 4.69) is 33.7 Å². The quantitative estimate of drug-likeness (QED) is 0.365. The van der Waals surface area contributed by atoms with E-state index in [4.69, 9.17) is 10.5 Å². The summed E-state index contributed by atoms with van der Waals surface area (Å²) in [5.74, 6) is 2.19. The van der Waals surface area contributed by atoms with Crippen molar-refractivity contribution in [3.8, 4) is 5.75 Å². The van der Waals surface area contributed by atoms with Crippen LogP contribution >= 0.6 is 23.1 Å². The van der Waals surface area contributed by atoms with Crippen molar-refractivity contribution in [3.63, 3.8) is 0 Å². The zero-order chi connectivity index (χ0) is 17.5. The minimum Gasteiger partial charge on any atom is -0.496 e. The Morgan fingerprint density at radius 3 is 2.84 bits per heavy atom. The van der Waals surface area contributed by atoms with E-state index in [1.165, 1.54) is 16.2 Å². The number of anilines is 2. The highest BCUT2D eigenvalue weighted by Crippen LogP contribution is 2.28. The number of benzene rings is 2. The predicted molar refractivity (Wildman–Crippen MR) is 107 cm³/mol. The fourth-order valence-corrected chi connectivity index (χ4v) is 3.60. The average molecular weight is 371 g/mol. The highest BCUT2D eigenvalue weighted by molar-refractivity contribution is 7.98. The molecule has 0 aliphatic carbocycles. The first-order valence-corrected chi connectivity index (χ1v) is 9.46. The minimum absolute atomic E-state index is 0.490. The molecule has 0 unspecified atom stereocenters. The molecule has 3 aromatic rings. The largest absolute Gasteiger partial charge is 0.496 e. The molecule has 0 bridgehead atoms. The van der Waals surface area contributed by atoms with Crippen LogP contribution in [0.2, 0.25) is 0 Å². The van der Waals surface area contributed by atoms with Gasteiger partial charge in [-0.1, -0.05) is 30.3 Å². The second-order valence-electron chi connectivity index (χ2n) is 5.12. The average Bonchev–Trinajstić information content (AvgIpc) is 3.06. The van der Waals surface area contributed by atoms with Crippen LogP contribution in [0, 0.1) is 0 Å². The molecular formula is C18H18N4OS2. The van der Waals surface area contributed by atoms with Crippen LogP contribution in [0.4, 0.5) is 10.9 Å². The van der Waals surface area contributed by atoms with Crippen LogP contribution < -0.4 is 15.9 Å². The van der Waals surface area contributed by atoms with Gasteiger partial charge in [0.1, 0.15) is 11.6 Å². The molecule has 128 valence electrons. The van der Waals surface area contributed by atoms with E-state index in [1.54, 1.807) is 30.5 Å². The number of nitrogen functional groups attached to an aromatic ring is 1. The van der Waals surface area contributed by atoms with Crippen molar-refractivity contribution in [1.82, 2.24) is 4.98 Å². The molecule has 0 radical (unpaired) electrons. The molecule has 0 amide bonds. The first-order valence-electron chi connectivity index (χ1n) is 7.59.